The van der Waals surface area contributed by atoms with Crippen LogP contribution in [0.5, 0.6) is 11.5 Å². The van der Waals surface area contributed by atoms with E-state index in [0.717, 1.165) is 48.3 Å². The second-order valence-corrected chi connectivity index (χ2v) is 7.44. The van der Waals surface area contributed by atoms with Gasteiger partial charge in [0.15, 0.2) is 0 Å². The van der Waals surface area contributed by atoms with E-state index < -0.39 is 0 Å². The van der Waals surface area contributed by atoms with Crippen LogP contribution in [0.3, 0.4) is 0 Å². The van der Waals surface area contributed by atoms with Gasteiger partial charge >= 0.3 is 0 Å². The Morgan fingerprint density at radius 1 is 0.706 bits per heavy atom. The number of benzene rings is 2. The second-order valence-electron chi connectivity index (χ2n) is 7.44. The molecule has 0 saturated carbocycles. The predicted octanol–water partition coefficient (Wildman–Crippen LogP) is 4.43. The predicted molar refractivity (Wildman–Crippen MR) is 134 cm³/mol. The maximum Gasteiger partial charge on any atom is 0.240 e. The summed E-state index contributed by atoms with van der Waals surface area (Å²) in [5.41, 5.74) is 6.71. The van der Waals surface area contributed by atoms with Gasteiger partial charge in [0, 0.05) is 24.0 Å². The number of rotatable bonds is 15. The van der Waals surface area contributed by atoms with Gasteiger partial charge in [0.05, 0.1) is 25.6 Å². The molecule has 0 aromatic heterocycles. The summed E-state index contributed by atoms with van der Waals surface area (Å²) in [5.74, 6) is 1.19. The highest BCUT2D eigenvalue weighted by atomic mass is 16.5. The zero-order valence-corrected chi connectivity index (χ0v) is 20.0. The van der Waals surface area contributed by atoms with E-state index >= 15 is 0 Å². The number of hydrogen-bond acceptors (Lipinski definition) is 6. The molecule has 2 aromatic carbocycles. The molecule has 2 N–H and O–H groups in total. The van der Waals surface area contributed by atoms with E-state index in [4.69, 9.17) is 9.47 Å². The van der Waals surface area contributed by atoms with Crippen LogP contribution in [0.15, 0.2) is 58.7 Å². The Morgan fingerprint density at radius 3 is 1.53 bits per heavy atom. The number of carbonyl (C=O) groups excluding carboxylic acids is 2. The molecule has 0 atom stereocenters. The first kappa shape index (κ1) is 26.6. The van der Waals surface area contributed by atoms with Crippen molar-refractivity contribution in [3.8, 4) is 11.5 Å². The molecule has 0 fully saturated rings. The molecule has 8 heteroatoms. The lowest BCUT2D eigenvalue weighted by Crippen LogP contribution is -2.17. The van der Waals surface area contributed by atoms with E-state index in [1.807, 2.05) is 62.4 Å². The van der Waals surface area contributed by atoms with E-state index in [0.29, 0.717) is 26.1 Å². The number of ether oxygens (including phenoxy) is 2. The largest absolute Gasteiger partial charge is 0.493 e. The Balaban J connectivity index is 1.56. The number of amides is 2. The fourth-order valence-corrected chi connectivity index (χ4v) is 3.13. The summed E-state index contributed by atoms with van der Waals surface area (Å²) in [6, 6.07) is 15.0. The number of para-hydroxylation sites is 2. The fourth-order valence-electron chi connectivity index (χ4n) is 3.13. The number of unbranched alkanes of at least 4 members (excludes halogenated alkanes) is 3. The Bertz CT molecular complexity index is 882. The SMILES string of the molecule is CCOc1ccccc1/C=N/NC(=O)CCCCCCC(=O)N/N=C/c1ccccc1OCC. The quantitative estimate of drug-likeness (QED) is 0.230. The van der Waals surface area contributed by atoms with Gasteiger partial charge in [-0.2, -0.15) is 10.2 Å². The minimum atomic E-state index is -0.135. The lowest BCUT2D eigenvalue weighted by atomic mass is 10.1. The van der Waals surface area contributed by atoms with Gasteiger partial charge in [-0.1, -0.05) is 37.1 Å². The molecule has 8 nitrogen and oxygen atoms in total. The highest BCUT2D eigenvalue weighted by Gasteiger charge is 2.04. The van der Waals surface area contributed by atoms with Gasteiger partial charge in [-0.15, -0.1) is 0 Å². The van der Waals surface area contributed by atoms with E-state index in [1.165, 1.54) is 0 Å². The highest BCUT2D eigenvalue weighted by molar-refractivity contribution is 5.85. The molecule has 0 aliphatic heterocycles. The lowest BCUT2D eigenvalue weighted by molar-refractivity contribution is -0.122. The highest BCUT2D eigenvalue weighted by Crippen LogP contribution is 2.16. The minimum absolute atomic E-state index is 0.135. The summed E-state index contributed by atoms with van der Waals surface area (Å²) in [4.78, 5) is 23.9. The van der Waals surface area contributed by atoms with E-state index in [2.05, 4.69) is 21.1 Å². The minimum Gasteiger partial charge on any atom is -0.493 e. The monoisotopic (exact) mass is 466 g/mol. The lowest BCUT2D eigenvalue weighted by Gasteiger charge is -2.06. The molecule has 2 aromatic rings. The first-order valence-corrected chi connectivity index (χ1v) is 11.7. The summed E-state index contributed by atoms with van der Waals surface area (Å²) in [5, 5.41) is 8.02. The molecular formula is C26H34N4O4. The third kappa shape index (κ3) is 10.3. The van der Waals surface area contributed by atoms with Crippen LogP contribution in [0.4, 0.5) is 0 Å². The van der Waals surface area contributed by atoms with Gasteiger partial charge in [0.2, 0.25) is 11.8 Å². The van der Waals surface area contributed by atoms with Crippen molar-refractivity contribution in [1.29, 1.82) is 0 Å². The van der Waals surface area contributed by atoms with E-state index in [-0.39, 0.29) is 11.8 Å². The van der Waals surface area contributed by atoms with Gasteiger partial charge in [0.25, 0.3) is 0 Å². The number of hydrazone groups is 2. The Hall–Kier alpha value is -3.68. The maximum absolute atomic E-state index is 11.9. The summed E-state index contributed by atoms with van der Waals surface area (Å²) in [6.45, 7) is 4.96. The summed E-state index contributed by atoms with van der Waals surface area (Å²) < 4.78 is 11.0. The molecule has 182 valence electrons. The van der Waals surface area contributed by atoms with E-state index in [9.17, 15) is 9.59 Å². The van der Waals surface area contributed by atoms with Crippen molar-refractivity contribution < 1.29 is 19.1 Å². The summed E-state index contributed by atoms with van der Waals surface area (Å²) in [7, 11) is 0. The van der Waals surface area contributed by atoms with Crippen LogP contribution in [0.25, 0.3) is 0 Å². The van der Waals surface area contributed by atoms with Crippen LogP contribution in [-0.4, -0.2) is 37.5 Å². The number of hydrogen-bond donors (Lipinski definition) is 2. The second kappa shape index (κ2) is 16.0. The zero-order valence-electron chi connectivity index (χ0n) is 20.0. The van der Waals surface area contributed by atoms with Crippen molar-refractivity contribution in [1.82, 2.24) is 10.9 Å². The summed E-state index contributed by atoms with van der Waals surface area (Å²) in [6.07, 6.45) is 7.15. The Labute approximate surface area is 201 Å². The molecule has 2 rings (SSSR count). The first-order valence-electron chi connectivity index (χ1n) is 11.7. The maximum atomic E-state index is 11.9. The molecule has 2 amide bonds. The Morgan fingerprint density at radius 2 is 1.12 bits per heavy atom. The topological polar surface area (TPSA) is 101 Å². The van der Waals surface area contributed by atoms with Crippen LogP contribution in [0.1, 0.15) is 63.5 Å². The number of nitrogens with one attached hydrogen (secondary N) is 2. The molecule has 0 bridgehead atoms. The van der Waals surface area contributed by atoms with Crippen molar-refractivity contribution in [2.45, 2.75) is 52.4 Å². The van der Waals surface area contributed by atoms with Crippen molar-refractivity contribution in [2.24, 2.45) is 10.2 Å². The van der Waals surface area contributed by atoms with Gasteiger partial charge in [-0.25, -0.2) is 10.9 Å². The number of carbonyl (C=O) groups is 2. The molecule has 0 aliphatic rings. The average molecular weight is 467 g/mol. The smallest absolute Gasteiger partial charge is 0.240 e. The first-order chi connectivity index (χ1) is 16.6. The normalized spacial score (nSPS) is 11.0. The molecule has 0 saturated heterocycles. The van der Waals surface area contributed by atoms with Crippen LogP contribution >= 0.6 is 0 Å². The third-order valence-corrected chi connectivity index (χ3v) is 4.78. The van der Waals surface area contributed by atoms with Crippen LogP contribution in [0.2, 0.25) is 0 Å². The Kier molecular flexibility index (Phi) is 12.5. The zero-order chi connectivity index (χ0) is 24.4. The van der Waals surface area contributed by atoms with E-state index in [1.54, 1.807) is 12.4 Å². The van der Waals surface area contributed by atoms with Gasteiger partial charge < -0.3 is 9.47 Å². The average Bonchev–Trinajstić information content (AvgIpc) is 2.84. The van der Waals surface area contributed by atoms with Gasteiger partial charge in [-0.3, -0.25) is 9.59 Å². The molecule has 0 heterocycles. The van der Waals surface area contributed by atoms with Crippen molar-refractivity contribution >= 4 is 24.2 Å². The molecular weight excluding hydrogens is 432 g/mol. The molecule has 34 heavy (non-hydrogen) atoms. The fraction of sp³-hybridized carbons (Fsp3) is 0.385. The van der Waals surface area contributed by atoms with Crippen molar-refractivity contribution in [2.75, 3.05) is 13.2 Å². The number of nitrogens with zero attached hydrogens (tertiary/aromatic N) is 2. The van der Waals surface area contributed by atoms with Crippen molar-refractivity contribution in [3.63, 3.8) is 0 Å². The molecule has 0 aliphatic carbocycles. The van der Waals surface area contributed by atoms with Gasteiger partial charge in [0.1, 0.15) is 11.5 Å². The summed E-state index contributed by atoms with van der Waals surface area (Å²) >= 11 is 0. The van der Waals surface area contributed by atoms with Crippen LogP contribution in [-0.2, 0) is 9.59 Å². The van der Waals surface area contributed by atoms with Crippen molar-refractivity contribution in [3.05, 3.63) is 59.7 Å². The van der Waals surface area contributed by atoms with Crippen LogP contribution < -0.4 is 20.3 Å². The molecule has 0 spiro atoms. The van der Waals surface area contributed by atoms with Gasteiger partial charge in [-0.05, 0) is 51.0 Å². The molecule has 0 unspecified atom stereocenters. The third-order valence-electron chi connectivity index (χ3n) is 4.78. The standard InChI is InChI=1S/C26H34N4O4/c1-3-33-23-15-11-9-13-21(23)19-27-29-25(31)17-7-5-6-8-18-26(32)30-28-20-22-14-10-12-16-24(22)34-4-2/h9-16,19-20H,3-8,17-18H2,1-2H3,(H,29,31)(H,30,32)/b27-19+,28-20+. The molecule has 0 radical (unpaired) electrons. The van der Waals surface area contributed by atoms with Crippen LogP contribution in [0, 0.1) is 0 Å².